The van der Waals surface area contributed by atoms with Crippen LogP contribution in [0.15, 0.2) is 83.7 Å². The van der Waals surface area contributed by atoms with Crippen LogP contribution >= 0.6 is 11.3 Å². The maximum Gasteiger partial charge on any atom is 0.273 e. The highest BCUT2D eigenvalue weighted by atomic mass is 32.1. The van der Waals surface area contributed by atoms with Crippen molar-refractivity contribution in [2.24, 2.45) is 0 Å². The number of carbonyl (C=O) groups excluding carboxylic acids is 1. The van der Waals surface area contributed by atoms with Crippen LogP contribution in [0.1, 0.15) is 11.1 Å². The molecule has 0 bridgehead atoms. The van der Waals surface area contributed by atoms with Gasteiger partial charge in [0.2, 0.25) is 0 Å². The van der Waals surface area contributed by atoms with Gasteiger partial charge in [-0.3, -0.25) is 14.2 Å². The smallest absolute Gasteiger partial charge is 0.273 e. The van der Waals surface area contributed by atoms with E-state index in [-0.39, 0.29) is 15.8 Å². The van der Waals surface area contributed by atoms with Gasteiger partial charge in [-0.1, -0.05) is 48.5 Å². The molecule has 1 aromatic heterocycles. The second-order valence-electron chi connectivity index (χ2n) is 7.44. The predicted octanol–water partition coefficient (Wildman–Crippen LogP) is 3.36. The van der Waals surface area contributed by atoms with Crippen LogP contribution in [-0.2, 0) is 4.79 Å². The molecule has 0 spiro atoms. The Hall–Kier alpha value is -4.41. The molecule has 34 heavy (non-hydrogen) atoms. The molecule has 168 valence electrons. The topological polar surface area (TPSA) is 84.1 Å². The van der Waals surface area contributed by atoms with E-state index in [9.17, 15) is 14.9 Å². The molecule has 6 nitrogen and oxygen atoms in total. The Morgan fingerprint density at radius 3 is 2.50 bits per heavy atom. The Kier molecular flexibility index (Phi) is 6.72. The molecule has 0 radical (unpaired) electrons. The highest BCUT2D eigenvalue weighted by molar-refractivity contribution is 7.07. The summed E-state index contributed by atoms with van der Waals surface area (Å²) < 4.78 is 7.44. The minimum absolute atomic E-state index is 0.146. The fraction of sp³-hybridized carbons (Fsp3) is 0.0741. The number of nitriles is 1. The van der Waals surface area contributed by atoms with Gasteiger partial charge in [-0.05, 0) is 48.9 Å². The summed E-state index contributed by atoms with van der Waals surface area (Å²) in [5.74, 6) is 0.0349. The van der Waals surface area contributed by atoms with Crippen LogP contribution in [0.2, 0.25) is 0 Å². The Morgan fingerprint density at radius 1 is 1.06 bits per heavy atom. The van der Waals surface area contributed by atoms with Gasteiger partial charge in [0.1, 0.15) is 16.5 Å². The highest BCUT2D eigenvalue weighted by Gasteiger charge is 2.17. The molecule has 0 fully saturated rings. The van der Waals surface area contributed by atoms with Gasteiger partial charge in [-0.25, -0.2) is 0 Å². The summed E-state index contributed by atoms with van der Waals surface area (Å²) in [6.45, 7) is 1.91. The van der Waals surface area contributed by atoms with E-state index >= 15 is 0 Å². The second-order valence-corrected chi connectivity index (χ2v) is 8.47. The summed E-state index contributed by atoms with van der Waals surface area (Å²) in [6.07, 6.45) is 1.71. The van der Waals surface area contributed by atoms with Crippen molar-refractivity contribution >= 4 is 34.6 Å². The molecule has 0 saturated carbocycles. The number of para-hydroxylation sites is 2. The number of thiazole rings is 1. The van der Waals surface area contributed by atoms with Crippen molar-refractivity contribution in [1.82, 2.24) is 4.57 Å². The van der Waals surface area contributed by atoms with Crippen LogP contribution in [0.3, 0.4) is 0 Å². The maximum atomic E-state index is 13.5. The van der Waals surface area contributed by atoms with Gasteiger partial charge >= 0.3 is 0 Å². The number of rotatable bonds is 5. The normalized spacial score (nSPS) is 12.1. The number of carbonyl (C=O) groups is 1. The lowest BCUT2D eigenvalue weighted by molar-refractivity contribution is -0.111. The molecule has 0 unspecified atom stereocenters. The van der Waals surface area contributed by atoms with E-state index in [4.69, 9.17) is 4.74 Å². The molecule has 1 N–H and O–H groups in total. The molecule has 1 amide bonds. The Bertz CT molecular complexity index is 1580. The van der Waals surface area contributed by atoms with Gasteiger partial charge < -0.3 is 10.1 Å². The average Bonchev–Trinajstić information content (AvgIpc) is 3.15. The first-order valence-corrected chi connectivity index (χ1v) is 11.3. The first kappa shape index (κ1) is 22.8. The van der Waals surface area contributed by atoms with Crippen LogP contribution in [0, 0.1) is 18.3 Å². The average molecular weight is 468 g/mol. The number of nitrogens with zero attached hydrogens (tertiary/aromatic N) is 2. The van der Waals surface area contributed by atoms with Gasteiger partial charge in [0.05, 0.1) is 17.3 Å². The van der Waals surface area contributed by atoms with E-state index in [1.54, 1.807) is 49.6 Å². The largest absolute Gasteiger partial charge is 0.496 e. The lowest BCUT2D eigenvalue weighted by Crippen LogP contribution is -2.32. The van der Waals surface area contributed by atoms with Gasteiger partial charge in [0, 0.05) is 11.3 Å². The monoisotopic (exact) mass is 467 g/mol. The molecule has 0 aliphatic heterocycles. The molecule has 0 atom stereocenters. The van der Waals surface area contributed by atoms with Crippen LogP contribution in [0.5, 0.6) is 5.75 Å². The Balaban J connectivity index is 1.97. The second kappa shape index (κ2) is 10.0. The first-order chi connectivity index (χ1) is 16.5. The number of methoxy groups -OCH3 is 1. The van der Waals surface area contributed by atoms with Crippen LogP contribution < -0.4 is 24.8 Å². The molecular weight excluding hydrogens is 446 g/mol. The zero-order valence-corrected chi connectivity index (χ0v) is 19.4. The summed E-state index contributed by atoms with van der Waals surface area (Å²) in [7, 11) is 1.56. The fourth-order valence-corrected chi connectivity index (χ4v) is 4.59. The molecule has 0 aliphatic carbocycles. The summed E-state index contributed by atoms with van der Waals surface area (Å²) in [5.41, 5.74) is 2.36. The van der Waals surface area contributed by atoms with E-state index in [0.29, 0.717) is 21.7 Å². The number of hydrogen-bond donors (Lipinski definition) is 1. The molecular formula is C27H21N3O3S. The van der Waals surface area contributed by atoms with E-state index in [1.807, 2.05) is 55.5 Å². The minimum Gasteiger partial charge on any atom is -0.496 e. The standard InChI is InChI=1S/C27H21N3O3S/c1-18-9-8-11-20(15-18)29-25(31)22(17-28)27-30(21-12-4-3-5-13-21)26(32)24(34-27)16-19-10-6-7-14-23(19)33-2/h3-16H,1-2H3,(H,29,31). The van der Waals surface area contributed by atoms with Crippen molar-refractivity contribution in [3.63, 3.8) is 0 Å². The number of aryl methyl sites for hydroxylation is 1. The number of aromatic nitrogens is 1. The van der Waals surface area contributed by atoms with Gasteiger partial charge in [-0.2, -0.15) is 5.26 Å². The fourth-order valence-electron chi connectivity index (χ4n) is 3.50. The van der Waals surface area contributed by atoms with Crippen LogP contribution in [0.25, 0.3) is 17.3 Å². The van der Waals surface area contributed by atoms with Crippen LogP contribution in [-0.4, -0.2) is 17.6 Å². The number of amides is 1. The summed E-state index contributed by atoms with van der Waals surface area (Å²) in [4.78, 5) is 26.6. The van der Waals surface area contributed by atoms with Gasteiger partial charge in [-0.15, -0.1) is 11.3 Å². The van der Waals surface area contributed by atoms with E-state index in [2.05, 4.69) is 5.32 Å². The van der Waals surface area contributed by atoms with E-state index in [0.717, 1.165) is 22.5 Å². The molecule has 7 heteroatoms. The maximum absolute atomic E-state index is 13.5. The summed E-state index contributed by atoms with van der Waals surface area (Å²) in [5, 5.41) is 12.7. The van der Waals surface area contributed by atoms with Crippen molar-refractivity contribution in [2.75, 3.05) is 12.4 Å². The number of anilines is 1. The molecule has 4 aromatic rings. The van der Waals surface area contributed by atoms with E-state index in [1.165, 1.54) is 4.57 Å². The highest BCUT2D eigenvalue weighted by Crippen LogP contribution is 2.17. The van der Waals surface area contributed by atoms with Crippen molar-refractivity contribution in [3.8, 4) is 17.5 Å². The quantitative estimate of drug-likeness (QED) is 0.488. The SMILES string of the molecule is COc1ccccc1C=c1sc(=C(C#N)C(=O)Nc2cccc(C)c2)n(-c2ccccc2)c1=O. The van der Waals surface area contributed by atoms with Crippen molar-refractivity contribution in [2.45, 2.75) is 6.92 Å². The van der Waals surface area contributed by atoms with Crippen LogP contribution in [0.4, 0.5) is 5.69 Å². The summed E-state index contributed by atoms with van der Waals surface area (Å²) >= 11 is 1.09. The molecule has 3 aromatic carbocycles. The zero-order chi connectivity index (χ0) is 24.1. The van der Waals surface area contributed by atoms with Gasteiger partial charge in [0.15, 0.2) is 5.57 Å². The third-order valence-corrected chi connectivity index (χ3v) is 6.18. The van der Waals surface area contributed by atoms with E-state index < -0.39 is 5.91 Å². The molecule has 0 aliphatic rings. The van der Waals surface area contributed by atoms with Crippen molar-refractivity contribution < 1.29 is 9.53 Å². The number of benzene rings is 3. The molecule has 4 rings (SSSR count). The predicted molar refractivity (Wildman–Crippen MR) is 135 cm³/mol. The molecule has 0 saturated heterocycles. The summed E-state index contributed by atoms with van der Waals surface area (Å²) in [6, 6.07) is 25.6. The van der Waals surface area contributed by atoms with Crippen molar-refractivity contribution in [3.05, 3.63) is 110 Å². The number of ether oxygens (including phenoxy) is 1. The Morgan fingerprint density at radius 2 is 1.79 bits per heavy atom. The first-order valence-electron chi connectivity index (χ1n) is 10.5. The van der Waals surface area contributed by atoms with Gasteiger partial charge in [0.25, 0.3) is 11.5 Å². The third kappa shape index (κ3) is 4.68. The number of hydrogen-bond acceptors (Lipinski definition) is 5. The minimum atomic E-state index is -0.581. The third-order valence-electron chi connectivity index (χ3n) is 5.09. The number of nitrogens with one attached hydrogen (secondary N) is 1. The molecule has 1 heterocycles. The zero-order valence-electron chi connectivity index (χ0n) is 18.6. The lowest BCUT2D eigenvalue weighted by Gasteiger charge is -2.06. The Labute approximate surface area is 200 Å². The van der Waals surface area contributed by atoms with Crippen molar-refractivity contribution in [1.29, 1.82) is 5.26 Å². The lowest BCUT2D eigenvalue weighted by atomic mass is 10.2.